The van der Waals surface area contributed by atoms with Gasteiger partial charge in [-0.1, -0.05) is 12.1 Å². The van der Waals surface area contributed by atoms with Crippen molar-refractivity contribution in [1.29, 1.82) is 0 Å². The van der Waals surface area contributed by atoms with Gasteiger partial charge in [0.15, 0.2) is 5.82 Å². The molecule has 0 amide bonds. The molecule has 0 radical (unpaired) electrons. The van der Waals surface area contributed by atoms with Crippen LogP contribution in [0.5, 0.6) is 0 Å². The van der Waals surface area contributed by atoms with E-state index in [1.807, 2.05) is 12.3 Å². The van der Waals surface area contributed by atoms with Gasteiger partial charge in [-0.15, -0.1) is 0 Å². The second-order valence-corrected chi connectivity index (χ2v) is 3.55. The van der Waals surface area contributed by atoms with E-state index in [1.165, 1.54) is 5.56 Å². The maximum atomic E-state index is 5.07. The van der Waals surface area contributed by atoms with Gasteiger partial charge in [0.2, 0.25) is 5.89 Å². The third-order valence-electron chi connectivity index (χ3n) is 1.76. The number of thiophene rings is 1. The van der Waals surface area contributed by atoms with Crippen LogP contribution in [0.2, 0.25) is 0 Å². The van der Waals surface area contributed by atoms with Crippen LogP contribution in [0, 0.1) is 0 Å². The quantitative estimate of drug-likeness (QED) is 0.752. The first-order chi connectivity index (χ1) is 6.38. The molecule has 0 fully saturated rings. The van der Waals surface area contributed by atoms with Crippen molar-refractivity contribution in [3.63, 3.8) is 0 Å². The van der Waals surface area contributed by atoms with Gasteiger partial charge in [0.25, 0.3) is 0 Å². The lowest BCUT2D eigenvalue weighted by Gasteiger charge is -1.87. The predicted molar refractivity (Wildman–Crippen MR) is 50.8 cm³/mol. The summed E-state index contributed by atoms with van der Waals surface area (Å²) in [6.07, 6.45) is 1.57. The Hall–Kier alpha value is -1.16. The molecular formula is C9H10N2OS. The summed E-state index contributed by atoms with van der Waals surface area (Å²) in [6.45, 7) is 2.01. The largest absolute Gasteiger partial charge is 0.339 e. The summed E-state index contributed by atoms with van der Waals surface area (Å²) < 4.78 is 5.07. The first-order valence-corrected chi connectivity index (χ1v) is 5.15. The Kier molecular flexibility index (Phi) is 2.40. The Bertz CT molecular complexity index is 367. The lowest BCUT2D eigenvalue weighted by Crippen LogP contribution is -1.86. The van der Waals surface area contributed by atoms with Gasteiger partial charge in [0, 0.05) is 6.42 Å². The van der Waals surface area contributed by atoms with Crippen LogP contribution in [-0.2, 0) is 12.8 Å². The molecule has 0 aliphatic heterocycles. The number of aryl methyl sites for hydroxylation is 1. The maximum Gasteiger partial charge on any atom is 0.231 e. The van der Waals surface area contributed by atoms with Crippen molar-refractivity contribution in [2.45, 2.75) is 19.8 Å². The minimum absolute atomic E-state index is 0.704. The van der Waals surface area contributed by atoms with Gasteiger partial charge in [0.05, 0.1) is 6.42 Å². The maximum absolute atomic E-state index is 5.07. The van der Waals surface area contributed by atoms with E-state index in [0.29, 0.717) is 5.89 Å². The molecule has 3 nitrogen and oxygen atoms in total. The molecule has 68 valence electrons. The Morgan fingerprint density at radius 3 is 3.08 bits per heavy atom. The van der Waals surface area contributed by atoms with Gasteiger partial charge in [0.1, 0.15) is 0 Å². The lowest BCUT2D eigenvalue weighted by molar-refractivity contribution is 0.380. The van der Waals surface area contributed by atoms with E-state index in [9.17, 15) is 0 Å². The van der Waals surface area contributed by atoms with E-state index in [4.69, 9.17) is 4.52 Å². The normalized spacial score (nSPS) is 10.5. The lowest BCUT2D eigenvalue weighted by atomic mass is 10.2. The highest BCUT2D eigenvalue weighted by molar-refractivity contribution is 7.07. The molecule has 2 aromatic rings. The molecule has 13 heavy (non-hydrogen) atoms. The Balaban J connectivity index is 2.10. The molecule has 0 atom stereocenters. The highest BCUT2D eigenvalue weighted by atomic mass is 32.1. The number of hydrogen-bond donors (Lipinski definition) is 0. The first kappa shape index (κ1) is 8.44. The van der Waals surface area contributed by atoms with Crippen LogP contribution in [-0.4, -0.2) is 10.1 Å². The smallest absolute Gasteiger partial charge is 0.231 e. The highest BCUT2D eigenvalue weighted by Crippen LogP contribution is 2.11. The fourth-order valence-corrected chi connectivity index (χ4v) is 1.74. The van der Waals surface area contributed by atoms with Gasteiger partial charge >= 0.3 is 0 Å². The van der Waals surface area contributed by atoms with Gasteiger partial charge in [-0.2, -0.15) is 16.3 Å². The summed E-state index contributed by atoms with van der Waals surface area (Å²) in [5.74, 6) is 1.49. The SMILES string of the molecule is CCc1noc(Cc2ccsc2)n1. The number of nitrogens with zero attached hydrogens (tertiary/aromatic N) is 2. The third kappa shape index (κ3) is 1.95. The zero-order valence-electron chi connectivity index (χ0n) is 7.36. The average Bonchev–Trinajstić information content (AvgIpc) is 2.76. The summed E-state index contributed by atoms with van der Waals surface area (Å²) >= 11 is 1.68. The molecule has 4 heteroatoms. The molecular weight excluding hydrogens is 184 g/mol. The van der Waals surface area contributed by atoms with E-state index in [-0.39, 0.29) is 0 Å². The van der Waals surface area contributed by atoms with Crippen LogP contribution in [0.15, 0.2) is 21.3 Å². The molecule has 0 bridgehead atoms. The topological polar surface area (TPSA) is 38.9 Å². The third-order valence-corrected chi connectivity index (χ3v) is 2.49. The molecule has 2 aromatic heterocycles. The van der Waals surface area contributed by atoms with Gasteiger partial charge in [-0.25, -0.2) is 0 Å². The minimum atomic E-state index is 0.704. The summed E-state index contributed by atoms with van der Waals surface area (Å²) in [7, 11) is 0. The van der Waals surface area contributed by atoms with E-state index in [0.717, 1.165) is 18.7 Å². The number of aromatic nitrogens is 2. The van der Waals surface area contributed by atoms with Crippen molar-refractivity contribution in [3.05, 3.63) is 34.1 Å². The van der Waals surface area contributed by atoms with Crippen LogP contribution in [0.4, 0.5) is 0 Å². The van der Waals surface area contributed by atoms with E-state index >= 15 is 0 Å². The zero-order valence-corrected chi connectivity index (χ0v) is 8.17. The predicted octanol–water partition coefficient (Wildman–Crippen LogP) is 2.28. The van der Waals surface area contributed by atoms with E-state index in [1.54, 1.807) is 11.3 Å². The standard InChI is InChI=1S/C9H10N2OS/c1-2-8-10-9(12-11-8)5-7-3-4-13-6-7/h3-4,6H,2,5H2,1H3. The number of hydrogen-bond acceptors (Lipinski definition) is 4. The molecule has 0 spiro atoms. The zero-order chi connectivity index (χ0) is 9.10. The Morgan fingerprint density at radius 1 is 1.54 bits per heavy atom. The van der Waals surface area contributed by atoms with E-state index < -0.39 is 0 Å². The average molecular weight is 194 g/mol. The molecule has 0 N–H and O–H groups in total. The van der Waals surface area contributed by atoms with Crippen molar-refractivity contribution in [1.82, 2.24) is 10.1 Å². The van der Waals surface area contributed by atoms with Crippen molar-refractivity contribution >= 4 is 11.3 Å². The minimum Gasteiger partial charge on any atom is -0.339 e. The van der Waals surface area contributed by atoms with Gasteiger partial charge in [-0.3, -0.25) is 0 Å². The molecule has 0 aliphatic rings. The molecule has 0 saturated carbocycles. The summed E-state index contributed by atoms with van der Waals surface area (Å²) in [6, 6.07) is 2.07. The summed E-state index contributed by atoms with van der Waals surface area (Å²) in [5.41, 5.74) is 1.23. The molecule has 0 unspecified atom stereocenters. The highest BCUT2D eigenvalue weighted by Gasteiger charge is 2.05. The number of rotatable bonds is 3. The van der Waals surface area contributed by atoms with Crippen molar-refractivity contribution in [2.24, 2.45) is 0 Å². The molecule has 2 rings (SSSR count). The summed E-state index contributed by atoms with van der Waals surface area (Å²) in [4.78, 5) is 4.23. The van der Waals surface area contributed by atoms with Crippen LogP contribution >= 0.6 is 11.3 Å². The Labute approximate surface area is 80.4 Å². The molecule has 2 heterocycles. The van der Waals surface area contributed by atoms with Crippen molar-refractivity contribution in [3.8, 4) is 0 Å². The molecule has 0 aromatic carbocycles. The van der Waals surface area contributed by atoms with Crippen LogP contribution in [0.1, 0.15) is 24.2 Å². The van der Waals surface area contributed by atoms with E-state index in [2.05, 4.69) is 21.6 Å². The fraction of sp³-hybridized carbons (Fsp3) is 0.333. The van der Waals surface area contributed by atoms with Crippen molar-refractivity contribution in [2.75, 3.05) is 0 Å². The molecule has 0 saturated heterocycles. The van der Waals surface area contributed by atoms with Crippen LogP contribution in [0.3, 0.4) is 0 Å². The van der Waals surface area contributed by atoms with Crippen LogP contribution in [0.25, 0.3) is 0 Å². The van der Waals surface area contributed by atoms with Crippen molar-refractivity contribution < 1.29 is 4.52 Å². The fourth-order valence-electron chi connectivity index (χ4n) is 1.07. The Morgan fingerprint density at radius 2 is 2.46 bits per heavy atom. The second kappa shape index (κ2) is 3.70. The summed E-state index contributed by atoms with van der Waals surface area (Å²) in [5, 5.41) is 7.97. The molecule has 0 aliphatic carbocycles. The van der Waals surface area contributed by atoms with Gasteiger partial charge in [-0.05, 0) is 22.4 Å². The first-order valence-electron chi connectivity index (χ1n) is 4.21. The van der Waals surface area contributed by atoms with Gasteiger partial charge < -0.3 is 4.52 Å². The van der Waals surface area contributed by atoms with Crippen LogP contribution < -0.4 is 0 Å². The second-order valence-electron chi connectivity index (χ2n) is 2.77. The monoisotopic (exact) mass is 194 g/mol.